The van der Waals surface area contributed by atoms with Crippen molar-refractivity contribution in [2.45, 2.75) is 6.18 Å². The van der Waals surface area contributed by atoms with Crippen molar-refractivity contribution >= 4 is 28.5 Å². The highest BCUT2D eigenvalue weighted by Gasteiger charge is 2.30. The van der Waals surface area contributed by atoms with E-state index >= 15 is 0 Å². The van der Waals surface area contributed by atoms with E-state index < -0.39 is 23.5 Å². The van der Waals surface area contributed by atoms with E-state index in [0.717, 1.165) is 24.4 Å². The maximum atomic E-state index is 13.7. The number of imidazole rings is 2. The van der Waals surface area contributed by atoms with Gasteiger partial charge in [0.05, 0.1) is 23.7 Å². The van der Waals surface area contributed by atoms with E-state index in [-0.39, 0.29) is 23.0 Å². The Morgan fingerprint density at radius 3 is 2.62 bits per heavy atom. The minimum Gasteiger partial charge on any atom is -0.493 e. The Kier molecular flexibility index (Phi) is 4.96. The molecule has 0 bridgehead atoms. The molecule has 5 rings (SSSR count). The van der Waals surface area contributed by atoms with Gasteiger partial charge in [-0.05, 0) is 35.4 Å². The summed E-state index contributed by atoms with van der Waals surface area (Å²) in [4.78, 5) is 24.1. The zero-order valence-corrected chi connectivity index (χ0v) is 17.4. The van der Waals surface area contributed by atoms with Crippen LogP contribution in [0, 0.1) is 5.82 Å². The predicted octanol–water partition coefficient (Wildman–Crippen LogP) is 5.30. The summed E-state index contributed by atoms with van der Waals surface area (Å²) >= 11 is 0. The number of hydrogen-bond donors (Lipinski definition) is 2. The molecule has 0 spiro atoms. The van der Waals surface area contributed by atoms with E-state index in [4.69, 9.17) is 4.74 Å². The molecule has 5 aromatic rings. The number of H-pyrrole nitrogens is 1. The van der Waals surface area contributed by atoms with E-state index in [1.54, 1.807) is 24.3 Å². The Morgan fingerprint density at radius 2 is 1.85 bits per heavy atom. The summed E-state index contributed by atoms with van der Waals surface area (Å²) in [5.41, 5.74) is 1.48. The minimum atomic E-state index is -4.45. The summed E-state index contributed by atoms with van der Waals surface area (Å²) in [6.45, 7) is 0. The molecule has 2 aromatic carbocycles. The van der Waals surface area contributed by atoms with Gasteiger partial charge in [-0.1, -0.05) is 18.2 Å². The van der Waals surface area contributed by atoms with Crippen LogP contribution in [0.2, 0.25) is 0 Å². The van der Waals surface area contributed by atoms with Gasteiger partial charge in [-0.3, -0.25) is 10.1 Å². The Labute approximate surface area is 189 Å². The lowest BCUT2D eigenvalue weighted by molar-refractivity contribution is -0.137. The molecule has 0 atom stereocenters. The van der Waals surface area contributed by atoms with Crippen LogP contribution in [0.25, 0.3) is 27.8 Å². The second kappa shape index (κ2) is 7.87. The number of halogens is 4. The molecule has 3 heterocycles. The zero-order chi connectivity index (χ0) is 24.0. The van der Waals surface area contributed by atoms with Crippen molar-refractivity contribution < 1.29 is 27.1 Å². The molecular formula is C23H15F4N5O2. The Bertz CT molecular complexity index is 1550. The second-order valence-corrected chi connectivity index (χ2v) is 7.43. The number of nitrogens with zero attached hydrogens (tertiary/aromatic N) is 3. The highest BCUT2D eigenvalue weighted by molar-refractivity contribution is 6.03. The van der Waals surface area contributed by atoms with Gasteiger partial charge in [-0.15, -0.1) is 0 Å². The molecule has 7 nitrogen and oxygen atoms in total. The highest BCUT2D eigenvalue weighted by atomic mass is 19.4. The molecule has 172 valence electrons. The smallest absolute Gasteiger partial charge is 0.416 e. The van der Waals surface area contributed by atoms with Crippen LogP contribution in [0.4, 0.5) is 23.5 Å². The van der Waals surface area contributed by atoms with E-state index in [1.165, 1.54) is 23.8 Å². The number of pyridine rings is 1. The van der Waals surface area contributed by atoms with Gasteiger partial charge in [0, 0.05) is 18.5 Å². The number of aromatic nitrogens is 4. The predicted molar refractivity (Wildman–Crippen MR) is 116 cm³/mol. The third kappa shape index (κ3) is 3.91. The van der Waals surface area contributed by atoms with Gasteiger partial charge in [0.25, 0.3) is 5.91 Å². The Hall–Kier alpha value is -4.41. The van der Waals surface area contributed by atoms with Gasteiger partial charge in [-0.25, -0.2) is 14.4 Å². The summed E-state index contributed by atoms with van der Waals surface area (Å²) in [7, 11) is 1.37. The lowest BCUT2D eigenvalue weighted by Crippen LogP contribution is -2.13. The van der Waals surface area contributed by atoms with Crippen molar-refractivity contribution in [3.63, 3.8) is 0 Å². The minimum absolute atomic E-state index is 0.00834. The van der Waals surface area contributed by atoms with Gasteiger partial charge in [0.15, 0.2) is 11.4 Å². The molecule has 0 radical (unpaired) electrons. The van der Waals surface area contributed by atoms with E-state index in [0.29, 0.717) is 22.2 Å². The molecule has 0 aliphatic rings. The summed E-state index contributed by atoms with van der Waals surface area (Å²) in [5.74, 6) is -0.854. The fraction of sp³-hybridized carbons (Fsp3) is 0.0870. The third-order valence-corrected chi connectivity index (χ3v) is 5.17. The van der Waals surface area contributed by atoms with Gasteiger partial charge in [-0.2, -0.15) is 13.2 Å². The summed E-state index contributed by atoms with van der Waals surface area (Å²) in [5, 5.41) is 2.58. The molecule has 0 saturated heterocycles. The molecule has 0 aliphatic carbocycles. The number of fused-ring (bicyclic) bond motifs is 2. The number of benzene rings is 2. The Balaban J connectivity index is 1.42. The number of hydrogen-bond acceptors (Lipinski definition) is 4. The fourth-order valence-electron chi connectivity index (χ4n) is 3.59. The standard InChI is InChI=1S/C23H15F4N5O2/c1-34-19-9-15(24)10-32-11-18(28-20(19)32)21(33)31-22-29-16-6-5-13(8-17(16)30-22)12-3-2-4-14(7-12)23(25,26)27/h2-11H,1H3,(H2,29,30,31,33). The van der Waals surface area contributed by atoms with Gasteiger partial charge < -0.3 is 14.1 Å². The molecule has 11 heteroatoms. The summed E-state index contributed by atoms with van der Waals surface area (Å²) in [6.07, 6.45) is -1.93. The number of nitrogens with one attached hydrogen (secondary N) is 2. The van der Waals surface area contributed by atoms with Crippen molar-refractivity contribution in [1.82, 2.24) is 19.4 Å². The normalized spacial score (nSPS) is 11.8. The van der Waals surface area contributed by atoms with Crippen molar-refractivity contribution in [2.24, 2.45) is 0 Å². The maximum Gasteiger partial charge on any atom is 0.416 e. The number of amides is 1. The number of carbonyl (C=O) groups excluding carboxylic acids is 1. The number of alkyl halides is 3. The molecule has 1 amide bonds. The van der Waals surface area contributed by atoms with E-state index in [1.807, 2.05) is 0 Å². The molecular weight excluding hydrogens is 454 g/mol. The monoisotopic (exact) mass is 469 g/mol. The van der Waals surface area contributed by atoms with Crippen LogP contribution >= 0.6 is 0 Å². The third-order valence-electron chi connectivity index (χ3n) is 5.17. The van der Waals surface area contributed by atoms with Crippen molar-refractivity contribution in [3.05, 3.63) is 78.0 Å². The Morgan fingerprint density at radius 1 is 1.06 bits per heavy atom. The van der Waals surface area contributed by atoms with E-state index in [2.05, 4.69) is 20.3 Å². The molecule has 34 heavy (non-hydrogen) atoms. The van der Waals surface area contributed by atoms with Gasteiger partial charge >= 0.3 is 6.18 Å². The van der Waals surface area contributed by atoms with Gasteiger partial charge in [0.2, 0.25) is 5.95 Å². The van der Waals surface area contributed by atoms with Gasteiger partial charge in [0.1, 0.15) is 11.5 Å². The average Bonchev–Trinajstić information content (AvgIpc) is 3.41. The molecule has 3 aromatic heterocycles. The quantitative estimate of drug-likeness (QED) is 0.350. The molecule has 0 saturated carbocycles. The largest absolute Gasteiger partial charge is 0.493 e. The molecule has 0 unspecified atom stereocenters. The topological polar surface area (TPSA) is 84.3 Å². The van der Waals surface area contributed by atoms with Crippen molar-refractivity contribution in [3.8, 4) is 16.9 Å². The zero-order valence-electron chi connectivity index (χ0n) is 17.4. The summed E-state index contributed by atoms with van der Waals surface area (Å²) < 4.78 is 59.3. The first-order chi connectivity index (χ1) is 16.2. The highest BCUT2D eigenvalue weighted by Crippen LogP contribution is 2.33. The van der Waals surface area contributed by atoms with Crippen LogP contribution in [-0.4, -0.2) is 32.4 Å². The summed E-state index contributed by atoms with van der Waals surface area (Å²) in [6, 6.07) is 11.1. The second-order valence-electron chi connectivity index (χ2n) is 7.43. The number of aromatic amines is 1. The van der Waals surface area contributed by atoms with Crippen LogP contribution < -0.4 is 10.1 Å². The van der Waals surface area contributed by atoms with Crippen LogP contribution in [0.15, 0.2) is 60.9 Å². The first-order valence-electron chi connectivity index (χ1n) is 9.92. The first-order valence-corrected chi connectivity index (χ1v) is 9.92. The lowest BCUT2D eigenvalue weighted by atomic mass is 10.0. The number of anilines is 1. The van der Waals surface area contributed by atoms with Crippen LogP contribution in [0.3, 0.4) is 0 Å². The van der Waals surface area contributed by atoms with Crippen molar-refractivity contribution in [1.29, 1.82) is 0 Å². The van der Waals surface area contributed by atoms with Crippen molar-refractivity contribution in [2.75, 3.05) is 12.4 Å². The van der Waals surface area contributed by atoms with E-state index in [9.17, 15) is 22.4 Å². The number of methoxy groups -OCH3 is 1. The van der Waals surface area contributed by atoms with Crippen LogP contribution in [-0.2, 0) is 6.18 Å². The van der Waals surface area contributed by atoms with Crippen LogP contribution in [0.5, 0.6) is 5.75 Å². The first kappa shape index (κ1) is 21.4. The molecule has 2 N–H and O–H groups in total. The SMILES string of the molecule is COc1cc(F)cn2cc(C(=O)Nc3nc4cc(-c5cccc(C(F)(F)F)c5)ccc4[nH]3)nc12. The number of ether oxygens (including phenoxy) is 1. The number of rotatable bonds is 4. The molecule has 0 fully saturated rings. The number of carbonyl (C=O) groups is 1. The average molecular weight is 469 g/mol. The lowest BCUT2D eigenvalue weighted by Gasteiger charge is -2.08. The molecule has 0 aliphatic heterocycles. The fourth-order valence-corrected chi connectivity index (χ4v) is 3.59. The maximum absolute atomic E-state index is 13.7. The van der Waals surface area contributed by atoms with Crippen LogP contribution in [0.1, 0.15) is 16.1 Å².